The fraction of sp³-hybridized carbons (Fsp3) is 1.00. The van der Waals surface area contributed by atoms with Gasteiger partial charge in [0.25, 0.3) is 0 Å². The SMILES string of the molecule is CC(C)C(C)C(C)C(C(C)C)C(C)C. The summed E-state index contributed by atoms with van der Waals surface area (Å²) in [6.45, 7) is 19.0. The highest BCUT2D eigenvalue weighted by Gasteiger charge is 2.28. The molecule has 0 saturated heterocycles. The molecule has 2 unspecified atom stereocenters. The molecule has 0 bridgehead atoms. The molecule has 0 aromatic carbocycles. The van der Waals surface area contributed by atoms with Crippen molar-refractivity contribution in [2.45, 2.75) is 55.4 Å². The van der Waals surface area contributed by atoms with Gasteiger partial charge in [0.05, 0.1) is 0 Å². The first-order chi connectivity index (χ1) is 6.29. The highest BCUT2D eigenvalue weighted by Crippen LogP contribution is 2.35. The number of rotatable bonds is 5. The molecule has 0 amide bonds. The maximum absolute atomic E-state index is 2.44. The van der Waals surface area contributed by atoms with Crippen molar-refractivity contribution in [2.75, 3.05) is 0 Å². The normalized spacial score (nSPS) is 17.1. The molecule has 0 spiro atoms. The quantitative estimate of drug-likeness (QED) is 0.593. The van der Waals surface area contributed by atoms with Crippen molar-refractivity contribution >= 4 is 0 Å². The summed E-state index contributed by atoms with van der Waals surface area (Å²) >= 11 is 0. The second-order valence-corrected chi connectivity index (χ2v) is 6.03. The van der Waals surface area contributed by atoms with Gasteiger partial charge in [0.1, 0.15) is 0 Å². The molecule has 0 aliphatic heterocycles. The third-order valence-electron chi connectivity index (χ3n) is 4.03. The van der Waals surface area contributed by atoms with Gasteiger partial charge in [-0.25, -0.2) is 0 Å². The lowest BCUT2D eigenvalue weighted by Gasteiger charge is -2.36. The molecule has 86 valence electrons. The minimum absolute atomic E-state index is 0.810. The predicted molar refractivity (Wildman–Crippen MR) is 66.3 cm³/mol. The first-order valence-corrected chi connectivity index (χ1v) is 6.29. The smallest absolute Gasteiger partial charge is 0.0340 e. The lowest BCUT2D eigenvalue weighted by atomic mass is 9.69. The van der Waals surface area contributed by atoms with Crippen molar-refractivity contribution in [3.05, 3.63) is 0 Å². The molecule has 0 saturated carbocycles. The zero-order valence-electron chi connectivity index (χ0n) is 11.5. The summed E-state index contributed by atoms with van der Waals surface area (Å²) in [6.07, 6.45) is 0. The zero-order chi connectivity index (χ0) is 11.5. The number of hydrogen-bond acceptors (Lipinski definition) is 0. The monoisotopic (exact) mass is 198 g/mol. The standard InChI is InChI=1S/C14H30/c1-9(2)12(7)13(8)14(10(3)4)11(5)6/h9-14H,1-8H3. The zero-order valence-corrected chi connectivity index (χ0v) is 11.5. The first-order valence-electron chi connectivity index (χ1n) is 6.29. The molecule has 0 aromatic rings. The van der Waals surface area contributed by atoms with Crippen molar-refractivity contribution in [1.29, 1.82) is 0 Å². The second kappa shape index (κ2) is 5.78. The second-order valence-electron chi connectivity index (χ2n) is 6.03. The number of hydrogen-bond donors (Lipinski definition) is 0. The molecule has 0 aromatic heterocycles. The van der Waals surface area contributed by atoms with E-state index in [1.807, 2.05) is 0 Å². The van der Waals surface area contributed by atoms with E-state index in [4.69, 9.17) is 0 Å². The van der Waals surface area contributed by atoms with Crippen LogP contribution in [0.15, 0.2) is 0 Å². The molecule has 0 rings (SSSR count). The predicted octanol–water partition coefficient (Wildman–Crippen LogP) is 4.84. The third kappa shape index (κ3) is 3.63. The van der Waals surface area contributed by atoms with Crippen LogP contribution in [-0.4, -0.2) is 0 Å². The summed E-state index contributed by atoms with van der Waals surface area (Å²) in [5.74, 6) is 4.98. The van der Waals surface area contributed by atoms with Gasteiger partial charge in [-0.2, -0.15) is 0 Å². The molecular weight excluding hydrogens is 168 g/mol. The summed E-state index contributed by atoms with van der Waals surface area (Å²) in [5.41, 5.74) is 0. The average molecular weight is 198 g/mol. The Morgan fingerprint density at radius 2 is 0.786 bits per heavy atom. The molecule has 0 aliphatic carbocycles. The van der Waals surface area contributed by atoms with E-state index < -0.39 is 0 Å². The van der Waals surface area contributed by atoms with E-state index in [1.165, 1.54) is 0 Å². The molecule has 0 heteroatoms. The Labute approximate surface area is 91.5 Å². The van der Waals surface area contributed by atoms with Crippen LogP contribution in [0.5, 0.6) is 0 Å². The summed E-state index contributed by atoms with van der Waals surface area (Å²) < 4.78 is 0. The molecular formula is C14H30. The van der Waals surface area contributed by atoms with Crippen LogP contribution in [0.2, 0.25) is 0 Å². The van der Waals surface area contributed by atoms with Gasteiger partial charge >= 0.3 is 0 Å². The van der Waals surface area contributed by atoms with E-state index >= 15 is 0 Å². The van der Waals surface area contributed by atoms with Gasteiger partial charge in [0.15, 0.2) is 0 Å². The summed E-state index contributed by atoms with van der Waals surface area (Å²) in [4.78, 5) is 0. The molecule has 0 aliphatic rings. The van der Waals surface area contributed by atoms with E-state index in [0.29, 0.717) is 0 Å². The highest BCUT2D eigenvalue weighted by atomic mass is 14.3. The van der Waals surface area contributed by atoms with E-state index in [2.05, 4.69) is 55.4 Å². The van der Waals surface area contributed by atoms with Crippen LogP contribution < -0.4 is 0 Å². The largest absolute Gasteiger partial charge is 0.0625 e. The van der Waals surface area contributed by atoms with Crippen molar-refractivity contribution in [3.8, 4) is 0 Å². The van der Waals surface area contributed by atoms with E-state index in [1.54, 1.807) is 0 Å². The van der Waals surface area contributed by atoms with E-state index in [9.17, 15) is 0 Å². The van der Waals surface area contributed by atoms with Crippen LogP contribution in [-0.2, 0) is 0 Å². The van der Waals surface area contributed by atoms with Gasteiger partial charge in [-0.15, -0.1) is 0 Å². The van der Waals surface area contributed by atoms with Gasteiger partial charge in [-0.1, -0.05) is 55.4 Å². The lowest BCUT2D eigenvalue weighted by Crippen LogP contribution is -2.30. The summed E-state index contributed by atoms with van der Waals surface area (Å²) in [6, 6.07) is 0. The van der Waals surface area contributed by atoms with Crippen LogP contribution in [0, 0.1) is 35.5 Å². The van der Waals surface area contributed by atoms with Crippen molar-refractivity contribution < 1.29 is 0 Å². The van der Waals surface area contributed by atoms with Gasteiger partial charge in [-0.05, 0) is 35.5 Å². The van der Waals surface area contributed by atoms with Crippen LogP contribution in [0.25, 0.3) is 0 Å². The summed E-state index contributed by atoms with van der Waals surface area (Å²) in [7, 11) is 0. The van der Waals surface area contributed by atoms with Crippen LogP contribution in [0.3, 0.4) is 0 Å². The Morgan fingerprint density at radius 1 is 0.429 bits per heavy atom. The Bertz CT molecular complexity index is 136. The van der Waals surface area contributed by atoms with Crippen LogP contribution in [0.1, 0.15) is 55.4 Å². The average Bonchev–Trinajstić information content (AvgIpc) is 2.01. The maximum atomic E-state index is 2.44. The summed E-state index contributed by atoms with van der Waals surface area (Å²) in [5, 5.41) is 0. The molecule has 0 heterocycles. The molecule has 2 atom stereocenters. The molecule has 0 nitrogen and oxygen atoms in total. The Hall–Kier alpha value is 0. The molecule has 14 heavy (non-hydrogen) atoms. The van der Waals surface area contributed by atoms with Crippen LogP contribution >= 0.6 is 0 Å². The van der Waals surface area contributed by atoms with Crippen molar-refractivity contribution in [2.24, 2.45) is 35.5 Å². The van der Waals surface area contributed by atoms with Crippen molar-refractivity contribution in [1.82, 2.24) is 0 Å². The highest BCUT2D eigenvalue weighted by molar-refractivity contribution is 4.77. The minimum Gasteiger partial charge on any atom is -0.0625 e. The van der Waals surface area contributed by atoms with Gasteiger partial charge in [0.2, 0.25) is 0 Å². The molecule has 0 fully saturated rings. The molecule has 0 radical (unpaired) electrons. The Balaban J connectivity index is 4.51. The third-order valence-corrected chi connectivity index (χ3v) is 4.03. The Kier molecular flexibility index (Phi) is 5.78. The van der Waals surface area contributed by atoms with E-state index in [0.717, 1.165) is 35.5 Å². The minimum atomic E-state index is 0.810. The Morgan fingerprint density at radius 3 is 1.00 bits per heavy atom. The fourth-order valence-corrected chi connectivity index (χ4v) is 2.94. The fourth-order valence-electron chi connectivity index (χ4n) is 2.94. The maximum Gasteiger partial charge on any atom is -0.0340 e. The molecule has 0 N–H and O–H groups in total. The van der Waals surface area contributed by atoms with Gasteiger partial charge in [0, 0.05) is 0 Å². The van der Waals surface area contributed by atoms with Gasteiger partial charge < -0.3 is 0 Å². The topological polar surface area (TPSA) is 0 Å². The van der Waals surface area contributed by atoms with Crippen LogP contribution in [0.4, 0.5) is 0 Å². The first kappa shape index (κ1) is 14.0. The van der Waals surface area contributed by atoms with Crippen molar-refractivity contribution in [3.63, 3.8) is 0 Å². The van der Waals surface area contributed by atoms with Gasteiger partial charge in [-0.3, -0.25) is 0 Å². The lowest BCUT2D eigenvalue weighted by molar-refractivity contribution is 0.126. The van der Waals surface area contributed by atoms with E-state index in [-0.39, 0.29) is 0 Å².